The van der Waals surface area contributed by atoms with Crippen molar-refractivity contribution in [3.05, 3.63) is 56.3 Å². The van der Waals surface area contributed by atoms with Crippen molar-refractivity contribution in [1.29, 1.82) is 0 Å². The Morgan fingerprint density at radius 3 is 2.35 bits per heavy atom. The molecular weight excluding hydrogens is 447 g/mol. The van der Waals surface area contributed by atoms with Gasteiger partial charge in [0.2, 0.25) is 0 Å². The summed E-state index contributed by atoms with van der Waals surface area (Å²) in [4.78, 5) is 0. The number of hydrogen-bond donors (Lipinski definition) is 0. The van der Waals surface area contributed by atoms with Crippen LogP contribution < -0.4 is 0 Å². The summed E-state index contributed by atoms with van der Waals surface area (Å²) in [6, 6.07) is 10.4. The molecule has 0 heterocycles. The van der Waals surface area contributed by atoms with Crippen molar-refractivity contribution in [3.63, 3.8) is 0 Å². The van der Waals surface area contributed by atoms with E-state index in [0.717, 1.165) is 13.0 Å². The molecule has 0 aliphatic carbocycles. The third kappa shape index (κ3) is 10.1. The fourth-order valence-corrected chi connectivity index (χ4v) is 4.54. The molecule has 1 aromatic carbocycles. The van der Waals surface area contributed by atoms with Gasteiger partial charge in [-0.2, -0.15) is 0 Å². The molecule has 0 aromatic heterocycles. The quantitative estimate of drug-likeness (QED) is 0.126. The van der Waals surface area contributed by atoms with E-state index in [1.165, 1.54) is 41.2 Å². The van der Waals surface area contributed by atoms with E-state index in [1.807, 2.05) is 6.07 Å². The van der Waals surface area contributed by atoms with Crippen molar-refractivity contribution < 1.29 is 4.74 Å². The Balaban J connectivity index is 2.59. The Labute approximate surface area is 176 Å². The average Bonchev–Trinajstić information content (AvgIpc) is 2.61. The minimum absolute atomic E-state index is 0.707. The molecule has 0 spiro atoms. The van der Waals surface area contributed by atoms with Gasteiger partial charge in [0.05, 0.1) is 21.3 Å². The summed E-state index contributed by atoms with van der Waals surface area (Å²) in [6.07, 6.45) is 10.0. The molecule has 0 saturated carbocycles. The minimum Gasteiger partial charge on any atom is -0.376 e. The van der Waals surface area contributed by atoms with Crippen LogP contribution in [0, 0.1) is 0 Å². The highest BCUT2D eigenvalue weighted by Gasteiger charge is 2.18. The molecule has 26 heavy (non-hydrogen) atoms. The molecular formula is C23H37IOSi. The second-order valence-corrected chi connectivity index (χ2v) is 14.7. The van der Waals surface area contributed by atoms with E-state index in [1.54, 1.807) is 10.8 Å². The van der Waals surface area contributed by atoms with Crippen molar-refractivity contribution in [2.45, 2.75) is 78.6 Å². The number of halogens is 1. The highest BCUT2D eigenvalue weighted by molar-refractivity contribution is 14.1. The van der Waals surface area contributed by atoms with Crippen LogP contribution in [0.25, 0.3) is 0 Å². The fraction of sp³-hybridized carbons (Fsp3) is 0.565. The molecule has 3 heteroatoms. The van der Waals surface area contributed by atoms with Crippen molar-refractivity contribution in [1.82, 2.24) is 0 Å². The molecule has 0 bridgehead atoms. The first-order chi connectivity index (χ1) is 12.3. The van der Waals surface area contributed by atoms with Gasteiger partial charge >= 0.3 is 0 Å². The number of hydrogen-bond acceptors (Lipinski definition) is 1. The molecule has 1 rings (SSSR count). The third-order valence-electron chi connectivity index (χ3n) is 4.83. The fourth-order valence-electron chi connectivity index (χ4n) is 2.79. The van der Waals surface area contributed by atoms with Crippen LogP contribution in [0.5, 0.6) is 0 Å². The van der Waals surface area contributed by atoms with Crippen LogP contribution in [0.3, 0.4) is 0 Å². The van der Waals surface area contributed by atoms with Gasteiger partial charge in [0.15, 0.2) is 0 Å². The number of rotatable bonds is 12. The predicted molar refractivity (Wildman–Crippen MR) is 128 cm³/mol. The molecule has 0 atom stereocenters. The summed E-state index contributed by atoms with van der Waals surface area (Å²) in [5, 5.41) is 1.66. The Kier molecular flexibility index (Phi) is 11.7. The van der Waals surface area contributed by atoms with Crippen LogP contribution in [0.4, 0.5) is 0 Å². The zero-order valence-corrected chi connectivity index (χ0v) is 20.6. The molecule has 0 unspecified atom stereocenters. The summed E-state index contributed by atoms with van der Waals surface area (Å²) in [5.74, 6) is 0. The summed E-state index contributed by atoms with van der Waals surface area (Å²) < 4.78 is 7.28. The molecule has 0 radical (unpaired) electrons. The molecule has 0 N–H and O–H groups in total. The number of unbranched alkanes of at least 4 members (excludes halogenated alkanes) is 3. The number of benzene rings is 1. The SMILES string of the molecule is CCCCCCC(/C=C(\I)CCOCc1ccccc1)=C(/C)[Si](C)(C)C. The van der Waals surface area contributed by atoms with E-state index in [9.17, 15) is 0 Å². The second kappa shape index (κ2) is 12.9. The lowest BCUT2D eigenvalue weighted by atomic mass is 10.1. The van der Waals surface area contributed by atoms with Gasteiger partial charge in [0.1, 0.15) is 0 Å². The minimum atomic E-state index is -1.24. The van der Waals surface area contributed by atoms with Crippen LogP contribution in [0.2, 0.25) is 19.6 Å². The lowest BCUT2D eigenvalue weighted by molar-refractivity contribution is 0.125. The predicted octanol–water partition coefficient (Wildman–Crippen LogP) is 8.08. The Morgan fingerprint density at radius 2 is 1.73 bits per heavy atom. The normalized spacial score (nSPS) is 13.7. The maximum atomic E-state index is 5.86. The first-order valence-electron chi connectivity index (χ1n) is 10.0. The van der Waals surface area contributed by atoms with Gasteiger partial charge < -0.3 is 4.74 Å². The van der Waals surface area contributed by atoms with Gasteiger partial charge in [0.25, 0.3) is 0 Å². The van der Waals surface area contributed by atoms with Crippen molar-refractivity contribution in [3.8, 4) is 0 Å². The second-order valence-electron chi connectivity index (χ2n) is 8.09. The Hall–Kier alpha value is -0.393. The van der Waals surface area contributed by atoms with E-state index in [-0.39, 0.29) is 0 Å². The van der Waals surface area contributed by atoms with Crippen LogP contribution in [-0.4, -0.2) is 14.7 Å². The molecule has 0 amide bonds. The molecule has 0 aliphatic rings. The summed E-state index contributed by atoms with van der Waals surface area (Å²) >= 11 is 2.50. The van der Waals surface area contributed by atoms with E-state index < -0.39 is 8.07 Å². The zero-order valence-electron chi connectivity index (χ0n) is 17.4. The van der Waals surface area contributed by atoms with Crippen molar-refractivity contribution in [2.75, 3.05) is 6.61 Å². The van der Waals surface area contributed by atoms with Gasteiger partial charge in [0, 0.05) is 6.42 Å². The van der Waals surface area contributed by atoms with E-state index in [0.29, 0.717) is 6.61 Å². The monoisotopic (exact) mass is 484 g/mol. The van der Waals surface area contributed by atoms with Crippen LogP contribution in [0.15, 0.2) is 50.8 Å². The maximum absolute atomic E-state index is 5.86. The van der Waals surface area contributed by atoms with Gasteiger partial charge in [-0.05, 0) is 51.5 Å². The summed E-state index contributed by atoms with van der Waals surface area (Å²) in [6.45, 7) is 13.5. The lowest BCUT2D eigenvalue weighted by Crippen LogP contribution is -2.23. The summed E-state index contributed by atoms with van der Waals surface area (Å²) in [7, 11) is -1.24. The topological polar surface area (TPSA) is 9.23 Å². The standard InChI is InChI=1S/C23H37IOSi/c1-6-7-8-12-15-22(20(2)26(3,4)5)18-23(24)16-17-25-19-21-13-10-9-11-14-21/h9-11,13-14,18H,6-8,12,15-17,19H2,1-5H3/b22-20+,23-18-. The Morgan fingerprint density at radius 1 is 1.04 bits per heavy atom. The number of allylic oxidation sites excluding steroid dienone is 3. The summed E-state index contributed by atoms with van der Waals surface area (Å²) in [5.41, 5.74) is 2.84. The first kappa shape index (κ1) is 23.6. The third-order valence-corrected chi connectivity index (χ3v) is 8.26. The van der Waals surface area contributed by atoms with Crippen LogP contribution in [0.1, 0.15) is 57.9 Å². The van der Waals surface area contributed by atoms with Gasteiger partial charge in [-0.3, -0.25) is 0 Å². The average molecular weight is 485 g/mol. The number of ether oxygens (including phenoxy) is 1. The zero-order chi connectivity index (χ0) is 19.4. The van der Waals surface area contributed by atoms with Crippen molar-refractivity contribution >= 4 is 30.7 Å². The molecule has 0 saturated heterocycles. The largest absolute Gasteiger partial charge is 0.376 e. The molecule has 0 fully saturated rings. The molecule has 1 aromatic rings. The van der Waals surface area contributed by atoms with Gasteiger partial charge in [-0.1, -0.05) is 93.0 Å². The van der Waals surface area contributed by atoms with E-state index in [2.05, 4.69) is 86.4 Å². The lowest BCUT2D eigenvalue weighted by Gasteiger charge is -2.21. The van der Waals surface area contributed by atoms with Gasteiger partial charge in [-0.15, -0.1) is 0 Å². The van der Waals surface area contributed by atoms with E-state index >= 15 is 0 Å². The maximum Gasteiger partial charge on any atom is 0.0724 e. The first-order valence-corrected chi connectivity index (χ1v) is 14.6. The van der Waals surface area contributed by atoms with Crippen molar-refractivity contribution in [2.24, 2.45) is 0 Å². The van der Waals surface area contributed by atoms with E-state index in [4.69, 9.17) is 4.74 Å². The molecule has 1 nitrogen and oxygen atoms in total. The highest BCUT2D eigenvalue weighted by Crippen LogP contribution is 2.26. The molecule has 0 aliphatic heterocycles. The van der Waals surface area contributed by atoms with Gasteiger partial charge in [-0.25, -0.2) is 0 Å². The molecule has 146 valence electrons. The Bertz CT molecular complexity index is 570. The van der Waals surface area contributed by atoms with Crippen LogP contribution in [-0.2, 0) is 11.3 Å². The van der Waals surface area contributed by atoms with Crippen LogP contribution >= 0.6 is 22.6 Å². The smallest absolute Gasteiger partial charge is 0.0724 e. The highest BCUT2D eigenvalue weighted by atomic mass is 127.